The molecular formula is C22H27N3O4S. The molecule has 0 bridgehead atoms. The molecule has 0 aromatic heterocycles. The van der Waals surface area contributed by atoms with Gasteiger partial charge >= 0.3 is 0 Å². The molecule has 0 aliphatic carbocycles. The average molecular weight is 430 g/mol. The Bertz CT molecular complexity index is 886. The second-order valence-corrected chi connectivity index (χ2v) is 7.37. The maximum absolute atomic E-state index is 12.7. The van der Waals surface area contributed by atoms with Crippen molar-refractivity contribution < 1.29 is 19.4 Å². The summed E-state index contributed by atoms with van der Waals surface area (Å²) in [6.45, 7) is 4.71. The third-order valence-corrected chi connectivity index (χ3v) is 4.33. The molecule has 30 heavy (non-hydrogen) atoms. The Hall–Kier alpha value is -2.97. The van der Waals surface area contributed by atoms with Gasteiger partial charge in [-0.05, 0) is 48.8 Å². The number of hydrogen-bond donors (Lipinski definition) is 4. The highest BCUT2D eigenvalue weighted by atomic mass is 32.1. The first-order valence-corrected chi connectivity index (χ1v) is 10.2. The molecule has 8 heteroatoms. The summed E-state index contributed by atoms with van der Waals surface area (Å²) in [6.07, 6.45) is 0.880. The van der Waals surface area contributed by atoms with Gasteiger partial charge in [0.05, 0.1) is 30.0 Å². The topological polar surface area (TPSA) is 99.7 Å². The lowest BCUT2D eigenvalue weighted by molar-refractivity contribution is 0.0944. The molecule has 2 amide bonds. The molecule has 2 aromatic carbocycles. The van der Waals surface area contributed by atoms with Gasteiger partial charge in [-0.15, -0.1) is 0 Å². The number of aliphatic hydroxyl groups excluding tert-OH is 1. The third-order valence-electron chi connectivity index (χ3n) is 4.13. The quantitative estimate of drug-likeness (QED) is 0.458. The van der Waals surface area contributed by atoms with Crippen LogP contribution in [-0.4, -0.2) is 41.8 Å². The van der Waals surface area contributed by atoms with Gasteiger partial charge in [0.2, 0.25) is 0 Å². The molecule has 7 nitrogen and oxygen atoms in total. The van der Waals surface area contributed by atoms with E-state index in [-0.39, 0.29) is 24.2 Å². The first kappa shape index (κ1) is 23.3. The summed E-state index contributed by atoms with van der Waals surface area (Å²) >= 11 is 5.26. The van der Waals surface area contributed by atoms with Gasteiger partial charge in [-0.2, -0.15) is 0 Å². The largest absolute Gasteiger partial charge is 0.493 e. The van der Waals surface area contributed by atoms with E-state index in [2.05, 4.69) is 29.8 Å². The number of rotatable bonds is 9. The van der Waals surface area contributed by atoms with Crippen LogP contribution in [0.3, 0.4) is 0 Å². The second kappa shape index (κ2) is 11.9. The van der Waals surface area contributed by atoms with E-state index in [0.29, 0.717) is 35.1 Å². The Kier molecular flexibility index (Phi) is 9.24. The van der Waals surface area contributed by atoms with Crippen molar-refractivity contribution in [2.75, 3.05) is 25.1 Å². The number of amides is 2. The third kappa shape index (κ3) is 7.13. The van der Waals surface area contributed by atoms with Crippen molar-refractivity contribution in [3.8, 4) is 5.75 Å². The van der Waals surface area contributed by atoms with Crippen molar-refractivity contribution in [2.45, 2.75) is 20.3 Å². The minimum Gasteiger partial charge on any atom is -0.493 e. The van der Waals surface area contributed by atoms with E-state index in [1.165, 1.54) is 0 Å². The van der Waals surface area contributed by atoms with Crippen LogP contribution in [0.15, 0.2) is 48.5 Å². The summed E-state index contributed by atoms with van der Waals surface area (Å²) in [6, 6.07) is 13.7. The fourth-order valence-electron chi connectivity index (χ4n) is 2.56. The zero-order chi connectivity index (χ0) is 21.9. The molecule has 0 radical (unpaired) electrons. The molecule has 0 saturated heterocycles. The Morgan fingerprint density at radius 1 is 1.03 bits per heavy atom. The summed E-state index contributed by atoms with van der Waals surface area (Å²) in [4.78, 5) is 24.9. The van der Waals surface area contributed by atoms with Gasteiger partial charge in [0, 0.05) is 6.54 Å². The first-order valence-electron chi connectivity index (χ1n) is 9.74. The fraction of sp³-hybridized carbons (Fsp3) is 0.318. The molecule has 2 aromatic rings. The van der Waals surface area contributed by atoms with Crippen LogP contribution in [0.25, 0.3) is 0 Å². The van der Waals surface area contributed by atoms with Gasteiger partial charge in [-0.3, -0.25) is 14.9 Å². The van der Waals surface area contributed by atoms with E-state index in [9.17, 15) is 9.59 Å². The molecule has 0 atom stereocenters. The van der Waals surface area contributed by atoms with Gasteiger partial charge in [-0.1, -0.05) is 38.1 Å². The Labute approximate surface area is 181 Å². The molecule has 0 aliphatic rings. The van der Waals surface area contributed by atoms with Crippen molar-refractivity contribution in [3.05, 3.63) is 59.7 Å². The van der Waals surface area contributed by atoms with Crippen LogP contribution < -0.4 is 20.7 Å². The smallest absolute Gasteiger partial charge is 0.261 e. The number of benzene rings is 2. The standard InChI is InChI=1S/C22H27N3O4S/c1-15(2)11-14-29-19-10-6-4-8-17(19)21(28)25-22(30)24-18-9-5-3-7-16(18)20(27)23-12-13-26/h3-10,15,26H,11-14H2,1-2H3,(H,23,27)(H2,24,25,28,30). The molecule has 0 fully saturated rings. The van der Waals surface area contributed by atoms with Crippen molar-refractivity contribution in [1.29, 1.82) is 0 Å². The molecule has 0 spiro atoms. The number of carbonyl (C=O) groups excluding carboxylic acids is 2. The number of hydrogen-bond acceptors (Lipinski definition) is 5. The number of nitrogens with one attached hydrogen (secondary N) is 3. The first-order chi connectivity index (χ1) is 14.4. The van der Waals surface area contributed by atoms with Gasteiger partial charge in [0.25, 0.3) is 11.8 Å². The zero-order valence-corrected chi connectivity index (χ0v) is 17.9. The van der Waals surface area contributed by atoms with Gasteiger partial charge in [-0.25, -0.2) is 0 Å². The van der Waals surface area contributed by atoms with Crippen molar-refractivity contribution in [2.24, 2.45) is 5.92 Å². The molecule has 4 N–H and O–H groups in total. The van der Waals surface area contributed by atoms with Crippen LogP contribution in [0.5, 0.6) is 5.75 Å². The lowest BCUT2D eigenvalue weighted by Crippen LogP contribution is -2.35. The number of anilines is 1. The van der Waals surface area contributed by atoms with Crippen LogP contribution in [0, 0.1) is 5.92 Å². The van der Waals surface area contributed by atoms with E-state index in [0.717, 1.165) is 6.42 Å². The van der Waals surface area contributed by atoms with E-state index < -0.39 is 5.91 Å². The van der Waals surface area contributed by atoms with Crippen molar-refractivity contribution >= 4 is 34.8 Å². The normalized spacial score (nSPS) is 10.4. The van der Waals surface area contributed by atoms with Gasteiger partial charge in [0.15, 0.2) is 5.11 Å². The predicted molar refractivity (Wildman–Crippen MR) is 121 cm³/mol. The monoisotopic (exact) mass is 429 g/mol. The SMILES string of the molecule is CC(C)CCOc1ccccc1C(=O)NC(=S)Nc1ccccc1C(=O)NCCO. The highest BCUT2D eigenvalue weighted by Crippen LogP contribution is 2.19. The lowest BCUT2D eigenvalue weighted by Gasteiger charge is -2.15. The van der Waals surface area contributed by atoms with Crippen LogP contribution >= 0.6 is 12.2 Å². The minimum atomic E-state index is -0.408. The molecule has 2 rings (SSSR count). The molecule has 160 valence electrons. The van der Waals surface area contributed by atoms with Crippen LogP contribution in [0.4, 0.5) is 5.69 Å². The predicted octanol–water partition coefficient (Wildman–Crippen LogP) is 2.96. The maximum Gasteiger partial charge on any atom is 0.261 e. The van der Waals surface area contributed by atoms with E-state index in [1.807, 2.05) is 0 Å². The van der Waals surface area contributed by atoms with E-state index >= 15 is 0 Å². The average Bonchev–Trinajstić information content (AvgIpc) is 2.72. The summed E-state index contributed by atoms with van der Waals surface area (Å²) in [5.74, 6) is 0.222. The zero-order valence-electron chi connectivity index (χ0n) is 17.1. The maximum atomic E-state index is 12.7. The van der Waals surface area contributed by atoms with Crippen LogP contribution in [-0.2, 0) is 0 Å². The summed E-state index contributed by atoms with van der Waals surface area (Å²) in [5, 5.41) is 17.0. The van der Waals surface area contributed by atoms with E-state index in [4.69, 9.17) is 22.1 Å². The number of aliphatic hydroxyl groups is 1. The Morgan fingerprint density at radius 2 is 1.70 bits per heavy atom. The number of thiocarbonyl (C=S) groups is 1. The number of ether oxygens (including phenoxy) is 1. The van der Waals surface area contributed by atoms with Crippen LogP contribution in [0.2, 0.25) is 0 Å². The van der Waals surface area contributed by atoms with Crippen molar-refractivity contribution in [3.63, 3.8) is 0 Å². The van der Waals surface area contributed by atoms with E-state index in [1.54, 1.807) is 48.5 Å². The lowest BCUT2D eigenvalue weighted by atomic mass is 10.1. The van der Waals surface area contributed by atoms with Crippen LogP contribution in [0.1, 0.15) is 41.0 Å². The highest BCUT2D eigenvalue weighted by molar-refractivity contribution is 7.80. The van der Waals surface area contributed by atoms with Crippen molar-refractivity contribution in [1.82, 2.24) is 10.6 Å². The summed E-state index contributed by atoms with van der Waals surface area (Å²) in [5.41, 5.74) is 1.17. The molecule has 0 saturated carbocycles. The fourth-order valence-corrected chi connectivity index (χ4v) is 2.77. The molecular weight excluding hydrogens is 402 g/mol. The minimum absolute atomic E-state index is 0.0550. The molecule has 0 unspecified atom stereocenters. The molecule has 0 aliphatic heterocycles. The molecule has 0 heterocycles. The second-order valence-electron chi connectivity index (χ2n) is 6.96. The number of carbonyl (C=O) groups is 2. The summed E-state index contributed by atoms with van der Waals surface area (Å²) < 4.78 is 5.76. The Morgan fingerprint density at radius 3 is 2.40 bits per heavy atom. The number of para-hydroxylation sites is 2. The van der Waals surface area contributed by atoms with Gasteiger partial charge in [0.1, 0.15) is 5.75 Å². The highest BCUT2D eigenvalue weighted by Gasteiger charge is 2.16. The summed E-state index contributed by atoms with van der Waals surface area (Å²) in [7, 11) is 0. The van der Waals surface area contributed by atoms with Gasteiger partial charge < -0.3 is 20.5 Å². The Balaban J connectivity index is 2.04.